The minimum atomic E-state index is 0.478. The van der Waals surface area contributed by atoms with Gasteiger partial charge in [-0.05, 0) is 0 Å². The summed E-state index contributed by atoms with van der Waals surface area (Å²) >= 11 is 1.46. The molecule has 1 nitrogen and oxygen atoms in total. The van der Waals surface area contributed by atoms with Gasteiger partial charge in [0.05, 0.1) is 0 Å². The zero-order chi connectivity index (χ0) is 9.68. The van der Waals surface area contributed by atoms with Gasteiger partial charge in [-0.3, -0.25) is 0 Å². The number of rotatable bonds is 3. The molecule has 1 aliphatic rings. The van der Waals surface area contributed by atoms with Crippen LogP contribution in [0.15, 0.2) is 11.6 Å². The molecule has 0 saturated heterocycles. The van der Waals surface area contributed by atoms with Gasteiger partial charge >= 0.3 is 87.5 Å². The van der Waals surface area contributed by atoms with Gasteiger partial charge in [-0.1, -0.05) is 0 Å². The van der Waals surface area contributed by atoms with E-state index in [4.69, 9.17) is 1.37 Å². The third kappa shape index (κ3) is 2.95. The topological polar surface area (TPSA) is 3.24 Å². The molecule has 1 rings (SSSR count). The van der Waals surface area contributed by atoms with Crippen LogP contribution in [0.25, 0.3) is 0 Å². The van der Waals surface area contributed by atoms with E-state index in [1.807, 2.05) is 0 Å². The molecule has 0 radical (unpaired) electrons. The number of hydrogen-bond acceptors (Lipinski definition) is 1. The molecule has 0 N–H and O–H groups in total. The second-order valence-electron chi connectivity index (χ2n) is 3.20. The second kappa shape index (κ2) is 5.09. The maximum atomic E-state index is 7.30. The minimum absolute atomic E-state index is 0.478. The van der Waals surface area contributed by atoms with Crippen LogP contribution in [0.2, 0.25) is 0 Å². The Morgan fingerprint density at radius 3 is 3.17 bits per heavy atom. The fourth-order valence-electron chi connectivity index (χ4n) is 1.49. The van der Waals surface area contributed by atoms with Gasteiger partial charge in [0.25, 0.3) is 0 Å². The molecule has 0 aromatic rings. The second-order valence-corrected chi connectivity index (χ2v) is 4.90. The first kappa shape index (κ1) is 8.84. The Kier molecular flexibility index (Phi) is 3.75. The fourth-order valence-corrected chi connectivity index (χ4v) is 2.08. The van der Waals surface area contributed by atoms with E-state index in [1.165, 1.54) is 42.6 Å². The Balaban J connectivity index is 2.41. The normalized spacial score (nSPS) is 20.1. The van der Waals surface area contributed by atoms with Crippen molar-refractivity contribution in [3.05, 3.63) is 11.6 Å². The van der Waals surface area contributed by atoms with E-state index in [9.17, 15) is 0 Å². The summed E-state index contributed by atoms with van der Waals surface area (Å²) < 4.78 is 8.58. The van der Waals surface area contributed by atoms with Crippen LogP contribution in [0, 0.1) is 0 Å². The van der Waals surface area contributed by atoms with Crippen molar-refractivity contribution in [3.8, 4) is 0 Å². The standard InChI is InChI=1S/C10H17N.W/c1-3-5-10-6-8-11(4-2)9-7-10;/h6H,3,5,7-9H2,1-2H3;/i2T;. The van der Waals surface area contributed by atoms with Crippen molar-refractivity contribution in [1.29, 1.82) is 0 Å². The third-order valence-electron chi connectivity index (χ3n) is 2.23. The van der Waals surface area contributed by atoms with Crippen molar-refractivity contribution in [2.75, 3.05) is 13.1 Å². The molecule has 0 atom stereocenters. The van der Waals surface area contributed by atoms with Crippen molar-refractivity contribution >= 4 is 4.02 Å². The zero-order valence-corrected chi connectivity index (χ0v) is 10.6. The first-order chi connectivity index (χ1) is 6.27. The molecule has 0 spiro atoms. The summed E-state index contributed by atoms with van der Waals surface area (Å²) in [6.45, 7) is 4.90. The monoisotopic (exact) mass is 337 g/mol. The molecule has 1 heterocycles. The summed E-state index contributed by atoms with van der Waals surface area (Å²) in [5, 5.41) is 0. The quantitative estimate of drug-likeness (QED) is 0.713. The molecule has 2 heteroatoms. The van der Waals surface area contributed by atoms with Crippen molar-refractivity contribution in [2.45, 2.75) is 33.1 Å². The molecule has 68 valence electrons. The molecule has 0 aromatic heterocycles. The fraction of sp³-hybridized carbons (Fsp3) is 0.700. The van der Waals surface area contributed by atoms with Gasteiger partial charge in [-0.15, -0.1) is 0 Å². The Hall–Kier alpha value is 0.258. The Morgan fingerprint density at radius 1 is 1.83 bits per heavy atom. The molecule has 0 bridgehead atoms. The van der Waals surface area contributed by atoms with Gasteiger partial charge in [-0.2, -0.15) is 0 Å². The summed E-state index contributed by atoms with van der Waals surface area (Å²) in [7, 11) is 0. The molecule has 0 unspecified atom stereocenters. The van der Waals surface area contributed by atoms with Crippen LogP contribution in [-0.2, 0) is 19.4 Å². The van der Waals surface area contributed by atoms with Crippen LogP contribution in [0.1, 0.15) is 34.5 Å². The maximum absolute atomic E-state index is 7.30. The first-order valence-electron chi connectivity index (χ1n) is 5.23. The molecule has 0 fully saturated rings. The molecular formula is C10H17NW. The van der Waals surface area contributed by atoms with Crippen molar-refractivity contribution in [1.82, 2.24) is 4.90 Å². The van der Waals surface area contributed by atoms with Crippen molar-refractivity contribution in [3.63, 3.8) is 0 Å². The summed E-state index contributed by atoms with van der Waals surface area (Å²) in [6, 6.07) is 0. The van der Waals surface area contributed by atoms with Gasteiger partial charge in [-0.25, -0.2) is 0 Å². The Labute approximate surface area is 87.6 Å². The predicted octanol–water partition coefficient (Wildman–Crippen LogP) is 2.12. The Bertz CT molecular complexity index is 213. The van der Waals surface area contributed by atoms with E-state index < -0.39 is 0 Å². The molecule has 0 saturated carbocycles. The van der Waals surface area contributed by atoms with Crippen molar-refractivity contribution in [2.24, 2.45) is 0 Å². The first-order valence-corrected chi connectivity index (χ1v) is 5.99. The zero-order valence-electron chi connectivity index (χ0n) is 8.68. The number of nitrogens with zero attached hydrogens (tertiary/aromatic N) is 1. The van der Waals surface area contributed by atoms with Crippen LogP contribution in [0.4, 0.5) is 0 Å². The van der Waals surface area contributed by atoms with Gasteiger partial charge < -0.3 is 0 Å². The van der Waals surface area contributed by atoms with E-state index in [0.29, 0.717) is 6.90 Å². The average molecular weight is 337 g/mol. The predicted molar refractivity (Wildman–Crippen MR) is 49.9 cm³/mol. The van der Waals surface area contributed by atoms with Gasteiger partial charge in [0, 0.05) is 0 Å². The van der Waals surface area contributed by atoms with Crippen LogP contribution in [-0.4, -0.2) is 22.0 Å². The molecular weight excluding hydrogens is 318 g/mol. The summed E-state index contributed by atoms with van der Waals surface area (Å²) in [4.78, 5) is 2.35. The third-order valence-corrected chi connectivity index (χ3v) is 3.15. The van der Waals surface area contributed by atoms with E-state index in [0.717, 1.165) is 13.1 Å². The molecule has 0 aliphatic carbocycles. The SMILES string of the molecule is [3H]C[C](=[W])N1CC=C(CCC)CC1. The van der Waals surface area contributed by atoms with Crippen LogP contribution in [0.3, 0.4) is 0 Å². The van der Waals surface area contributed by atoms with Crippen molar-refractivity contribution < 1.29 is 20.7 Å². The molecule has 0 amide bonds. The van der Waals surface area contributed by atoms with E-state index in [-0.39, 0.29) is 0 Å². The van der Waals surface area contributed by atoms with Gasteiger partial charge in [0.1, 0.15) is 0 Å². The molecule has 0 aromatic carbocycles. The van der Waals surface area contributed by atoms with E-state index in [1.54, 1.807) is 5.57 Å². The summed E-state index contributed by atoms with van der Waals surface area (Å²) in [5.41, 5.74) is 1.62. The van der Waals surface area contributed by atoms with E-state index >= 15 is 0 Å². The summed E-state index contributed by atoms with van der Waals surface area (Å²) in [5.74, 6) is 0. The van der Waals surface area contributed by atoms with Gasteiger partial charge in [0.2, 0.25) is 0 Å². The van der Waals surface area contributed by atoms with Gasteiger partial charge in [0.15, 0.2) is 0 Å². The summed E-state index contributed by atoms with van der Waals surface area (Å²) in [6.07, 6.45) is 6.09. The molecule has 1 aliphatic heterocycles. The number of hydrogen-bond donors (Lipinski definition) is 0. The molecule has 12 heavy (non-hydrogen) atoms. The van der Waals surface area contributed by atoms with Crippen LogP contribution in [0.5, 0.6) is 0 Å². The van der Waals surface area contributed by atoms with E-state index in [2.05, 4.69) is 17.9 Å². The van der Waals surface area contributed by atoms with Crippen LogP contribution >= 0.6 is 0 Å². The van der Waals surface area contributed by atoms with Crippen LogP contribution < -0.4 is 0 Å². The Morgan fingerprint density at radius 2 is 2.67 bits per heavy atom. The average Bonchev–Trinajstić information content (AvgIpc) is 2.18.